The Labute approximate surface area is 135 Å². The molecule has 1 aromatic carbocycles. The van der Waals surface area contributed by atoms with Crippen molar-refractivity contribution in [3.8, 4) is 0 Å². The molecule has 2 atom stereocenters. The topological polar surface area (TPSA) is 41.6 Å². The predicted molar refractivity (Wildman–Crippen MR) is 84.8 cm³/mol. The fourth-order valence-electron chi connectivity index (χ4n) is 2.53. The minimum atomic E-state index is -0.0117. The van der Waals surface area contributed by atoms with E-state index in [1.54, 1.807) is 12.1 Å². The third kappa shape index (κ3) is 5.15. The molecule has 0 bridgehead atoms. The number of nitrogens with zero attached hydrogens (tertiary/aromatic N) is 1. The molecule has 1 aliphatic heterocycles. The minimum Gasteiger partial charge on any atom is -0.373 e. The second-order valence-corrected chi connectivity index (χ2v) is 6.31. The lowest BCUT2D eigenvalue weighted by molar-refractivity contribution is -0.126. The first kappa shape index (κ1) is 16.6. The third-order valence-electron chi connectivity index (χ3n) is 3.35. The Morgan fingerprint density at radius 2 is 2.00 bits per heavy atom. The van der Waals surface area contributed by atoms with E-state index in [-0.39, 0.29) is 18.1 Å². The summed E-state index contributed by atoms with van der Waals surface area (Å²) in [6.45, 7) is 6.38. The molecule has 116 valence electrons. The SMILES string of the molecule is C[C@@H]1CN(CC(=O)NCc2ccc(Cl)cc2Cl)C[C@H](C)O1. The number of carbonyl (C=O) groups excluding carboxylic acids is 1. The summed E-state index contributed by atoms with van der Waals surface area (Å²) in [7, 11) is 0. The van der Waals surface area contributed by atoms with Gasteiger partial charge >= 0.3 is 0 Å². The quantitative estimate of drug-likeness (QED) is 0.922. The maximum absolute atomic E-state index is 12.0. The standard InChI is InChI=1S/C15H20Cl2N2O2/c1-10-7-19(8-11(2)21-10)9-15(20)18-6-12-3-4-13(16)5-14(12)17/h3-5,10-11H,6-9H2,1-2H3,(H,18,20)/t10-,11+. The summed E-state index contributed by atoms with van der Waals surface area (Å²) in [6, 6.07) is 5.26. The molecule has 1 fully saturated rings. The average Bonchev–Trinajstić information content (AvgIpc) is 2.36. The van der Waals surface area contributed by atoms with Crippen LogP contribution in [0.1, 0.15) is 19.4 Å². The van der Waals surface area contributed by atoms with Gasteiger partial charge in [0.2, 0.25) is 5.91 Å². The molecule has 6 heteroatoms. The van der Waals surface area contributed by atoms with E-state index in [1.807, 2.05) is 19.9 Å². The molecule has 21 heavy (non-hydrogen) atoms. The molecule has 2 rings (SSSR count). The molecular formula is C15H20Cl2N2O2. The first-order chi connectivity index (χ1) is 9.94. The van der Waals surface area contributed by atoms with Crippen molar-refractivity contribution in [2.75, 3.05) is 19.6 Å². The van der Waals surface area contributed by atoms with Gasteiger partial charge in [-0.2, -0.15) is 0 Å². The molecule has 0 aliphatic carbocycles. The van der Waals surface area contributed by atoms with Crippen LogP contribution < -0.4 is 5.32 Å². The highest BCUT2D eigenvalue weighted by Gasteiger charge is 2.23. The van der Waals surface area contributed by atoms with Crippen LogP contribution in [0.15, 0.2) is 18.2 Å². The highest BCUT2D eigenvalue weighted by molar-refractivity contribution is 6.35. The van der Waals surface area contributed by atoms with Crippen LogP contribution >= 0.6 is 23.2 Å². The van der Waals surface area contributed by atoms with Gasteiger partial charge in [-0.3, -0.25) is 9.69 Å². The second kappa shape index (κ2) is 7.45. The summed E-state index contributed by atoms with van der Waals surface area (Å²) >= 11 is 11.9. The van der Waals surface area contributed by atoms with Crippen LogP contribution in [0.3, 0.4) is 0 Å². The molecule has 1 saturated heterocycles. The van der Waals surface area contributed by atoms with Crippen LogP contribution in [0, 0.1) is 0 Å². The van der Waals surface area contributed by atoms with E-state index in [9.17, 15) is 4.79 Å². The summed E-state index contributed by atoms with van der Waals surface area (Å²) in [4.78, 5) is 14.1. The van der Waals surface area contributed by atoms with E-state index >= 15 is 0 Å². The fraction of sp³-hybridized carbons (Fsp3) is 0.533. The first-order valence-corrected chi connectivity index (χ1v) is 7.78. The molecule has 4 nitrogen and oxygen atoms in total. The normalized spacial score (nSPS) is 23.0. The van der Waals surface area contributed by atoms with Gasteiger partial charge in [0.25, 0.3) is 0 Å². The number of hydrogen-bond acceptors (Lipinski definition) is 3. The Bertz CT molecular complexity index is 500. The molecule has 0 radical (unpaired) electrons. The molecule has 0 aromatic heterocycles. The van der Waals surface area contributed by atoms with E-state index in [0.717, 1.165) is 18.7 Å². The van der Waals surface area contributed by atoms with Gasteiger partial charge in [0.1, 0.15) is 0 Å². The predicted octanol–water partition coefficient (Wildman–Crippen LogP) is 2.72. The van der Waals surface area contributed by atoms with E-state index in [1.165, 1.54) is 0 Å². The van der Waals surface area contributed by atoms with Crippen molar-refractivity contribution in [1.29, 1.82) is 0 Å². The summed E-state index contributed by atoms with van der Waals surface area (Å²) in [5, 5.41) is 4.04. The van der Waals surface area contributed by atoms with E-state index in [2.05, 4.69) is 10.2 Å². The van der Waals surface area contributed by atoms with Crippen molar-refractivity contribution in [3.05, 3.63) is 33.8 Å². The molecule has 0 saturated carbocycles. The van der Waals surface area contributed by atoms with Crippen molar-refractivity contribution in [2.24, 2.45) is 0 Å². The molecular weight excluding hydrogens is 311 g/mol. The number of rotatable bonds is 4. The number of halogens is 2. The van der Waals surface area contributed by atoms with Crippen molar-refractivity contribution in [1.82, 2.24) is 10.2 Å². The number of amides is 1. The lowest BCUT2D eigenvalue weighted by Crippen LogP contribution is -2.49. The lowest BCUT2D eigenvalue weighted by Gasteiger charge is -2.34. The van der Waals surface area contributed by atoms with Gasteiger partial charge in [-0.05, 0) is 31.5 Å². The zero-order valence-electron chi connectivity index (χ0n) is 12.2. The Morgan fingerprint density at radius 1 is 1.33 bits per heavy atom. The van der Waals surface area contributed by atoms with Crippen molar-refractivity contribution >= 4 is 29.1 Å². The smallest absolute Gasteiger partial charge is 0.234 e. The summed E-state index contributed by atoms with van der Waals surface area (Å²) < 4.78 is 5.65. The number of carbonyl (C=O) groups is 1. The average molecular weight is 331 g/mol. The highest BCUT2D eigenvalue weighted by Crippen LogP contribution is 2.20. The first-order valence-electron chi connectivity index (χ1n) is 7.02. The minimum absolute atomic E-state index is 0.0117. The monoisotopic (exact) mass is 330 g/mol. The van der Waals surface area contributed by atoms with E-state index < -0.39 is 0 Å². The van der Waals surface area contributed by atoms with Crippen molar-refractivity contribution in [3.63, 3.8) is 0 Å². The van der Waals surface area contributed by atoms with Gasteiger partial charge in [-0.1, -0.05) is 29.3 Å². The molecule has 1 heterocycles. The maximum atomic E-state index is 12.0. The molecule has 1 aliphatic rings. The van der Waals surface area contributed by atoms with Gasteiger partial charge in [-0.25, -0.2) is 0 Å². The van der Waals surface area contributed by atoms with Gasteiger partial charge in [-0.15, -0.1) is 0 Å². The molecule has 0 unspecified atom stereocenters. The van der Waals surface area contributed by atoms with Crippen LogP contribution in [0.25, 0.3) is 0 Å². The third-order valence-corrected chi connectivity index (χ3v) is 3.94. The van der Waals surface area contributed by atoms with Crippen molar-refractivity contribution < 1.29 is 9.53 Å². The molecule has 0 spiro atoms. The van der Waals surface area contributed by atoms with E-state index in [4.69, 9.17) is 27.9 Å². The number of morpholine rings is 1. The number of hydrogen-bond donors (Lipinski definition) is 1. The van der Waals surface area contributed by atoms with Gasteiger partial charge in [0.15, 0.2) is 0 Å². The highest BCUT2D eigenvalue weighted by atomic mass is 35.5. The van der Waals surface area contributed by atoms with Crippen LogP contribution in [-0.2, 0) is 16.1 Å². The van der Waals surface area contributed by atoms with Crippen LogP contribution in [-0.4, -0.2) is 42.6 Å². The van der Waals surface area contributed by atoms with Gasteiger partial charge in [0.05, 0.1) is 18.8 Å². The molecule has 1 amide bonds. The van der Waals surface area contributed by atoms with Crippen LogP contribution in [0.5, 0.6) is 0 Å². The number of nitrogens with one attached hydrogen (secondary N) is 1. The number of benzene rings is 1. The number of ether oxygens (including phenoxy) is 1. The Hall–Kier alpha value is -0.810. The Balaban J connectivity index is 1.82. The fourth-order valence-corrected chi connectivity index (χ4v) is 3.01. The zero-order valence-corrected chi connectivity index (χ0v) is 13.7. The van der Waals surface area contributed by atoms with E-state index in [0.29, 0.717) is 23.1 Å². The van der Waals surface area contributed by atoms with Crippen LogP contribution in [0.4, 0.5) is 0 Å². The lowest BCUT2D eigenvalue weighted by atomic mass is 10.2. The maximum Gasteiger partial charge on any atom is 0.234 e. The van der Waals surface area contributed by atoms with Crippen molar-refractivity contribution in [2.45, 2.75) is 32.6 Å². The largest absolute Gasteiger partial charge is 0.373 e. The zero-order chi connectivity index (χ0) is 15.4. The summed E-state index contributed by atoms with van der Waals surface area (Å²) in [5.41, 5.74) is 0.859. The van der Waals surface area contributed by atoms with Crippen LogP contribution in [0.2, 0.25) is 10.0 Å². The molecule has 1 aromatic rings. The Morgan fingerprint density at radius 3 is 2.62 bits per heavy atom. The van der Waals surface area contributed by atoms with Gasteiger partial charge in [0, 0.05) is 29.7 Å². The second-order valence-electron chi connectivity index (χ2n) is 5.46. The summed E-state index contributed by atoms with van der Waals surface area (Å²) in [5.74, 6) is -0.0117. The Kier molecular flexibility index (Phi) is 5.88. The molecule has 1 N–H and O–H groups in total. The summed E-state index contributed by atoms with van der Waals surface area (Å²) in [6.07, 6.45) is 0.319. The van der Waals surface area contributed by atoms with Gasteiger partial charge < -0.3 is 10.1 Å².